The number of nitrogens with zero attached hydrogens (tertiary/aromatic N) is 2. The highest BCUT2D eigenvalue weighted by Crippen LogP contribution is 2.16. The van der Waals surface area contributed by atoms with E-state index in [1.165, 1.54) is 0 Å². The first kappa shape index (κ1) is 14.3. The van der Waals surface area contributed by atoms with E-state index in [1.54, 1.807) is 29.2 Å². The molecule has 0 aromatic heterocycles. The molecule has 3 N–H and O–H groups in total. The van der Waals surface area contributed by atoms with Gasteiger partial charge in [0.1, 0.15) is 0 Å². The van der Waals surface area contributed by atoms with Crippen LogP contribution in [-0.4, -0.2) is 47.1 Å². The fraction of sp³-hybridized carbons (Fsp3) is 0.429. The van der Waals surface area contributed by atoms with Crippen LogP contribution in [0.5, 0.6) is 0 Å². The van der Waals surface area contributed by atoms with E-state index in [0.29, 0.717) is 24.3 Å². The third kappa shape index (κ3) is 2.91. The highest BCUT2D eigenvalue weighted by Gasteiger charge is 2.28. The van der Waals surface area contributed by atoms with Crippen molar-refractivity contribution in [3.05, 3.63) is 35.4 Å². The summed E-state index contributed by atoms with van der Waals surface area (Å²) in [4.78, 5) is 14.3. The lowest BCUT2D eigenvalue weighted by atomic mass is 10.1. The summed E-state index contributed by atoms with van der Waals surface area (Å²) in [5, 5.41) is 11.6. The predicted molar refractivity (Wildman–Crippen MR) is 74.9 cm³/mol. The summed E-state index contributed by atoms with van der Waals surface area (Å²) >= 11 is 0. The number of carbonyl (C=O) groups excluding carboxylic acids is 1. The van der Waals surface area contributed by atoms with Crippen molar-refractivity contribution in [3.63, 3.8) is 0 Å². The summed E-state index contributed by atoms with van der Waals surface area (Å²) in [6.07, 6.45) is 0.0300. The summed E-state index contributed by atoms with van der Waals surface area (Å²) in [5.74, 6) is -0.0803. The van der Waals surface area contributed by atoms with E-state index < -0.39 is 0 Å². The molecule has 1 saturated heterocycles. The lowest BCUT2D eigenvalue weighted by Gasteiger charge is -2.36. The Morgan fingerprint density at radius 2 is 2.15 bits per heavy atom. The average Bonchev–Trinajstić information content (AvgIpc) is 2.48. The minimum absolute atomic E-state index is 0.0111. The molecule has 1 aliphatic rings. The quantitative estimate of drug-likeness (QED) is 0.366. The summed E-state index contributed by atoms with van der Waals surface area (Å²) in [6, 6.07) is 6.80. The molecule has 0 bridgehead atoms. The zero-order valence-electron chi connectivity index (χ0n) is 11.6. The van der Waals surface area contributed by atoms with Gasteiger partial charge in [-0.05, 0) is 26.0 Å². The molecule has 0 spiro atoms. The molecular weight excluding hydrogens is 258 g/mol. The van der Waals surface area contributed by atoms with Crippen LogP contribution in [0.3, 0.4) is 0 Å². The number of amides is 1. The topological polar surface area (TPSA) is 88.2 Å². The number of hydrogen-bond donors (Lipinski definition) is 2. The zero-order valence-corrected chi connectivity index (χ0v) is 11.6. The molecule has 0 aliphatic carbocycles. The van der Waals surface area contributed by atoms with Gasteiger partial charge in [-0.2, -0.15) is 0 Å². The van der Waals surface area contributed by atoms with Gasteiger partial charge in [-0.3, -0.25) is 4.79 Å². The van der Waals surface area contributed by atoms with E-state index in [0.717, 1.165) is 0 Å². The number of carbonyl (C=O) groups is 1. The van der Waals surface area contributed by atoms with E-state index in [4.69, 9.17) is 15.7 Å². The fourth-order valence-electron chi connectivity index (χ4n) is 2.22. The van der Waals surface area contributed by atoms with Crippen LogP contribution >= 0.6 is 0 Å². The van der Waals surface area contributed by atoms with Crippen LogP contribution in [0.25, 0.3) is 0 Å². The van der Waals surface area contributed by atoms with Crippen molar-refractivity contribution in [2.45, 2.75) is 26.0 Å². The van der Waals surface area contributed by atoms with Crippen molar-refractivity contribution < 1.29 is 14.7 Å². The molecule has 1 aliphatic heterocycles. The summed E-state index contributed by atoms with van der Waals surface area (Å²) in [6.45, 7) is 5.00. The molecule has 0 radical (unpaired) electrons. The molecule has 2 rings (SSSR count). The maximum absolute atomic E-state index is 12.5. The molecule has 6 heteroatoms. The van der Waals surface area contributed by atoms with E-state index in [9.17, 15) is 4.79 Å². The van der Waals surface area contributed by atoms with Crippen LogP contribution in [0.2, 0.25) is 0 Å². The Morgan fingerprint density at radius 1 is 1.45 bits per heavy atom. The average molecular weight is 277 g/mol. The Morgan fingerprint density at radius 3 is 2.85 bits per heavy atom. The van der Waals surface area contributed by atoms with Gasteiger partial charge in [0.25, 0.3) is 5.91 Å². The monoisotopic (exact) mass is 277 g/mol. The van der Waals surface area contributed by atoms with Crippen molar-refractivity contribution in [3.8, 4) is 0 Å². The van der Waals surface area contributed by atoms with Crippen LogP contribution in [-0.2, 0) is 4.74 Å². The normalized spacial score (nSPS) is 23.7. The molecule has 1 fully saturated rings. The van der Waals surface area contributed by atoms with E-state index in [-0.39, 0.29) is 23.9 Å². The SMILES string of the molecule is CC1CN(C(=O)c2cccc(/C(N)=N/O)c2)C(C)CO1. The molecule has 1 amide bonds. The first-order chi connectivity index (χ1) is 9.52. The predicted octanol–water partition coefficient (Wildman–Crippen LogP) is 1.03. The number of benzene rings is 1. The molecule has 1 aromatic carbocycles. The molecule has 0 saturated carbocycles. The molecule has 108 valence electrons. The fourth-order valence-corrected chi connectivity index (χ4v) is 2.22. The van der Waals surface area contributed by atoms with Crippen molar-refractivity contribution in [1.82, 2.24) is 4.90 Å². The standard InChI is InChI=1S/C14H19N3O3/c1-9-8-20-10(2)7-17(9)14(18)12-5-3-4-11(6-12)13(15)16-19/h3-6,9-10,19H,7-8H2,1-2H3,(H2,15,16). The Kier molecular flexibility index (Phi) is 4.24. The lowest BCUT2D eigenvalue weighted by Crippen LogP contribution is -2.50. The van der Waals surface area contributed by atoms with Gasteiger partial charge in [-0.15, -0.1) is 0 Å². The largest absolute Gasteiger partial charge is 0.409 e. The van der Waals surface area contributed by atoms with Crippen molar-refractivity contribution in [2.24, 2.45) is 10.9 Å². The molecule has 2 unspecified atom stereocenters. The Hall–Kier alpha value is -2.08. The van der Waals surface area contributed by atoms with Gasteiger partial charge in [-0.25, -0.2) is 0 Å². The first-order valence-corrected chi connectivity index (χ1v) is 6.53. The Balaban J connectivity index is 2.24. The van der Waals surface area contributed by atoms with E-state index >= 15 is 0 Å². The summed E-state index contributed by atoms with van der Waals surface area (Å²) in [5.41, 5.74) is 6.59. The van der Waals surface area contributed by atoms with Gasteiger partial charge in [0.15, 0.2) is 5.84 Å². The van der Waals surface area contributed by atoms with Crippen molar-refractivity contribution in [2.75, 3.05) is 13.2 Å². The third-order valence-corrected chi connectivity index (χ3v) is 3.38. The number of hydrogen-bond acceptors (Lipinski definition) is 4. The molecule has 6 nitrogen and oxygen atoms in total. The van der Waals surface area contributed by atoms with Crippen LogP contribution in [0.1, 0.15) is 29.8 Å². The van der Waals surface area contributed by atoms with Gasteiger partial charge >= 0.3 is 0 Å². The lowest BCUT2D eigenvalue weighted by molar-refractivity contribution is -0.0387. The molecule has 1 aromatic rings. The minimum atomic E-state index is -0.0692. The Bertz CT molecular complexity index is 530. The van der Waals surface area contributed by atoms with Gasteiger partial charge in [0, 0.05) is 17.7 Å². The van der Waals surface area contributed by atoms with Gasteiger partial charge in [0.2, 0.25) is 0 Å². The number of oxime groups is 1. The molecular formula is C14H19N3O3. The minimum Gasteiger partial charge on any atom is -0.409 e. The second-order valence-electron chi connectivity index (χ2n) is 5.02. The smallest absolute Gasteiger partial charge is 0.254 e. The van der Waals surface area contributed by atoms with Gasteiger partial charge in [0.05, 0.1) is 18.8 Å². The maximum Gasteiger partial charge on any atom is 0.254 e. The number of nitrogens with two attached hydrogens (primary N) is 1. The van der Waals surface area contributed by atoms with E-state index in [1.807, 2.05) is 13.8 Å². The summed E-state index contributed by atoms with van der Waals surface area (Å²) in [7, 11) is 0. The van der Waals surface area contributed by atoms with Crippen LogP contribution < -0.4 is 5.73 Å². The Labute approximate surface area is 117 Å². The first-order valence-electron chi connectivity index (χ1n) is 6.53. The highest BCUT2D eigenvalue weighted by atomic mass is 16.5. The highest BCUT2D eigenvalue weighted by molar-refractivity contribution is 6.01. The number of ether oxygens (including phenoxy) is 1. The van der Waals surface area contributed by atoms with Crippen LogP contribution in [0.15, 0.2) is 29.4 Å². The maximum atomic E-state index is 12.5. The third-order valence-electron chi connectivity index (χ3n) is 3.38. The molecule has 20 heavy (non-hydrogen) atoms. The summed E-state index contributed by atoms with van der Waals surface area (Å²) < 4.78 is 5.52. The van der Waals surface area contributed by atoms with Crippen molar-refractivity contribution in [1.29, 1.82) is 0 Å². The second kappa shape index (κ2) is 5.92. The second-order valence-corrected chi connectivity index (χ2v) is 5.02. The van der Waals surface area contributed by atoms with Crippen LogP contribution in [0.4, 0.5) is 0 Å². The number of amidine groups is 1. The number of rotatable bonds is 2. The van der Waals surface area contributed by atoms with Crippen molar-refractivity contribution >= 4 is 11.7 Å². The van der Waals surface area contributed by atoms with Crippen LogP contribution in [0, 0.1) is 0 Å². The molecule has 2 atom stereocenters. The zero-order chi connectivity index (χ0) is 14.7. The van der Waals surface area contributed by atoms with Gasteiger partial charge < -0.3 is 20.6 Å². The van der Waals surface area contributed by atoms with E-state index in [2.05, 4.69) is 5.16 Å². The van der Waals surface area contributed by atoms with Gasteiger partial charge in [-0.1, -0.05) is 17.3 Å². The molecule has 1 heterocycles. The number of morpholine rings is 1.